The van der Waals surface area contributed by atoms with Crippen LogP contribution in [0.1, 0.15) is 78.5 Å². The highest BCUT2D eigenvalue weighted by atomic mass is 32.2. The lowest BCUT2D eigenvalue weighted by Gasteiger charge is -2.27. The molecule has 2 heterocycles. The Labute approximate surface area is 638 Å². The first-order valence-corrected chi connectivity index (χ1v) is 37.5. The van der Waals surface area contributed by atoms with E-state index in [1.807, 2.05) is 20.1 Å². The average Bonchev–Trinajstić information content (AvgIpc) is 1.67. The Balaban J connectivity index is 1.63. The van der Waals surface area contributed by atoms with Crippen molar-refractivity contribution in [3.05, 3.63) is 54.2 Å². The summed E-state index contributed by atoms with van der Waals surface area (Å²) in [6.45, 7) is 5.23. The first kappa shape index (κ1) is 93.2. The Morgan fingerprint density at radius 2 is 1.14 bits per heavy atom. The molecule has 1 aromatic carbocycles. The maximum atomic E-state index is 14.4. The second-order valence-electron chi connectivity index (χ2n) is 26.1. The number of primary amides is 2. The van der Waals surface area contributed by atoms with Crippen LogP contribution < -0.4 is 85.9 Å². The number of nitrogens with one attached hydrogen (secondary N) is 16. The van der Waals surface area contributed by atoms with Crippen LogP contribution in [0.15, 0.2) is 43.0 Å². The molecule has 40 nitrogen and oxygen atoms in total. The van der Waals surface area contributed by atoms with Gasteiger partial charge in [-0.05, 0) is 75.8 Å². The van der Waals surface area contributed by atoms with Crippen LogP contribution in [0.4, 0.5) is 0 Å². The van der Waals surface area contributed by atoms with Crippen molar-refractivity contribution < 1.29 is 96.4 Å². The van der Waals surface area contributed by atoms with Gasteiger partial charge < -0.3 is 120 Å². The zero-order valence-corrected chi connectivity index (χ0v) is 64.1. The number of nitrogens with two attached hydrogens (primary N) is 2. The van der Waals surface area contributed by atoms with Crippen LogP contribution in [0.3, 0.4) is 0 Å². The molecule has 10 atom stereocenters. The van der Waals surface area contributed by atoms with Gasteiger partial charge in [-0.2, -0.15) is 11.8 Å². The number of fused-ring (bicyclic) bond motifs is 1. The number of rotatable bonds is 53. The lowest BCUT2D eigenvalue weighted by molar-refractivity contribution is -0.136. The number of para-hydroxylation sites is 1. The van der Waals surface area contributed by atoms with Gasteiger partial charge in [-0.15, -0.1) is 11.8 Å². The number of amides is 16. The maximum Gasteiger partial charge on any atom is 0.246 e. The SMILES string of the molecule is CSCC[C@H](NC(=O)[C@H](CC(C)C)NC(=O)[C@H](Cc1cnc[nH]1)NC(=O)CNC(=O)[C@@H](NC(=O)[C@H](C)NC(=O)[C@H](Cc1c[nH]c2ccccc12)NC(=O)[C@H](CCC(N)=O)NC(=O)[C@H](CO)NC(=O)COCCOCCNC(=O)CNC(=O)[C@H](CSCNC(C)=O)NC(=O)[C@H](CO)NC(=O)CN(C)C)C(C)C)C(N)=O. The Kier molecular flexibility index (Phi) is 42.6. The molecule has 0 aliphatic rings. The van der Waals surface area contributed by atoms with Crippen molar-refractivity contribution in [2.75, 3.05) is 104 Å². The molecule has 16 amide bonds. The Morgan fingerprint density at radius 1 is 0.569 bits per heavy atom. The first-order chi connectivity index (χ1) is 51.7. The smallest absolute Gasteiger partial charge is 0.246 e. The van der Waals surface area contributed by atoms with Crippen LogP contribution in [0.25, 0.3) is 10.9 Å². The van der Waals surface area contributed by atoms with Gasteiger partial charge >= 0.3 is 0 Å². The normalized spacial score (nSPS) is 13.9. The maximum absolute atomic E-state index is 14.4. The fourth-order valence-corrected chi connectivity index (χ4v) is 11.4. The topological polar surface area (TPSA) is 600 Å². The number of aromatic amines is 2. The molecular formula is C67H106N20O20S2. The molecule has 0 saturated heterocycles. The number of H-pyrrole nitrogens is 2. The molecule has 3 rings (SSSR count). The van der Waals surface area contributed by atoms with Crippen LogP contribution in [-0.4, -0.2) is 289 Å². The minimum Gasteiger partial charge on any atom is -0.394 e. The molecule has 0 saturated carbocycles. The third-order valence-electron chi connectivity index (χ3n) is 15.8. The largest absolute Gasteiger partial charge is 0.394 e. The number of hydrogen-bond donors (Lipinski definition) is 20. The van der Waals surface area contributed by atoms with Crippen molar-refractivity contribution in [2.45, 2.75) is 140 Å². The summed E-state index contributed by atoms with van der Waals surface area (Å²) in [6, 6.07) is -6.77. The molecule has 606 valence electrons. The summed E-state index contributed by atoms with van der Waals surface area (Å²) in [6.07, 6.45) is 5.30. The summed E-state index contributed by atoms with van der Waals surface area (Å²) in [5, 5.41) is 55.6. The molecule has 0 bridgehead atoms. The number of ether oxygens (including phenoxy) is 2. The van der Waals surface area contributed by atoms with E-state index < -0.39 is 201 Å². The van der Waals surface area contributed by atoms with Gasteiger partial charge in [-0.25, -0.2) is 4.98 Å². The molecule has 0 unspecified atom stereocenters. The zero-order valence-electron chi connectivity index (χ0n) is 62.5. The number of nitrogens with zero attached hydrogens (tertiary/aromatic N) is 2. The molecule has 0 fully saturated rings. The fraction of sp³-hybridized carbons (Fsp3) is 0.597. The van der Waals surface area contributed by atoms with Gasteiger partial charge in [0.15, 0.2) is 0 Å². The standard InChI is InChI=1S/C67H106N20O20S2/c1-36(2)22-46(63(101)81-44(58(69)96)16-21-108-9)83-64(102)48(24-41-26-70-34-75-41)78-54(93)28-74-67(105)57(37(3)4)86-59(97)38(5)77-62(100)47(23-40-25-72-43-13-11-10-12-42(40)43)84-61(99)45(14-15-52(68)91)82-65(103)50(31-89)80-56(95)32-107-20-19-106-18-17-71-53(92)27-73-60(98)51(33-109-35-76-39(6)90)85-66(104)49(30-88)79-55(94)29-87(7)8/h10-13,25-26,34,36-38,44-51,57,72,88-89H,14-24,27-33,35H2,1-9H3,(H2,68,91)(H2,69,96)(H,70,75)(H,71,92)(H,73,98)(H,74,105)(H,76,90)(H,77,100)(H,78,93)(H,79,94)(H,80,95)(H,81,101)(H,82,103)(H,83,102)(H,84,99)(H,85,104)(H,86,97)/t38-,44-,45-,46-,47-,48-,49-,50-,51-,57-/m0/s1. The molecule has 0 spiro atoms. The number of benzene rings is 1. The summed E-state index contributed by atoms with van der Waals surface area (Å²) in [4.78, 5) is 222. The predicted octanol–water partition coefficient (Wildman–Crippen LogP) is -7.50. The number of carbonyl (C=O) groups excluding carboxylic acids is 16. The molecule has 22 N–H and O–H groups in total. The molecule has 2 aromatic heterocycles. The van der Waals surface area contributed by atoms with Crippen LogP contribution in [0.5, 0.6) is 0 Å². The number of carbonyl (C=O) groups is 16. The highest BCUT2D eigenvalue weighted by molar-refractivity contribution is 7.99. The molecule has 42 heteroatoms. The minimum absolute atomic E-state index is 0.0518. The number of aliphatic hydroxyl groups excluding tert-OH is 2. The minimum atomic E-state index is -1.70. The van der Waals surface area contributed by atoms with E-state index in [1.165, 1.54) is 43.0 Å². The van der Waals surface area contributed by atoms with Crippen molar-refractivity contribution in [3.63, 3.8) is 0 Å². The quantitative estimate of drug-likeness (QED) is 0.0184. The van der Waals surface area contributed by atoms with Crippen molar-refractivity contribution in [1.29, 1.82) is 0 Å². The Hall–Kier alpha value is -10.0. The monoisotopic (exact) mass is 1570 g/mol. The van der Waals surface area contributed by atoms with Crippen LogP contribution in [0, 0.1) is 11.8 Å². The van der Waals surface area contributed by atoms with Crippen LogP contribution in [0.2, 0.25) is 0 Å². The summed E-state index contributed by atoms with van der Waals surface area (Å²) in [5.74, 6) is -13.1. The van der Waals surface area contributed by atoms with E-state index in [9.17, 15) is 86.9 Å². The van der Waals surface area contributed by atoms with Gasteiger partial charge in [0.05, 0.1) is 64.9 Å². The number of likely N-dealkylation sites (N-methyl/N-ethyl adjacent to an activating group) is 1. The number of aliphatic hydroxyl groups is 2. The number of thioether (sulfide) groups is 2. The van der Waals surface area contributed by atoms with Gasteiger partial charge in [-0.3, -0.25) is 76.7 Å². The summed E-state index contributed by atoms with van der Waals surface area (Å²) in [5.41, 5.74) is 12.6. The summed E-state index contributed by atoms with van der Waals surface area (Å²) >= 11 is 2.52. The van der Waals surface area contributed by atoms with Gasteiger partial charge in [0, 0.05) is 67.5 Å². The summed E-state index contributed by atoms with van der Waals surface area (Å²) in [7, 11) is 3.24. The highest BCUT2D eigenvalue weighted by Crippen LogP contribution is 2.20. The lowest BCUT2D eigenvalue weighted by atomic mass is 10.0. The predicted molar refractivity (Wildman–Crippen MR) is 399 cm³/mol. The van der Waals surface area contributed by atoms with Crippen molar-refractivity contribution in [1.82, 2.24) is 94.3 Å². The molecule has 109 heavy (non-hydrogen) atoms. The van der Waals surface area contributed by atoms with Gasteiger partial charge in [0.1, 0.15) is 67.0 Å². The van der Waals surface area contributed by atoms with Crippen molar-refractivity contribution in [2.24, 2.45) is 23.3 Å². The van der Waals surface area contributed by atoms with Crippen molar-refractivity contribution >= 4 is 129 Å². The van der Waals surface area contributed by atoms with E-state index in [0.29, 0.717) is 27.9 Å². The van der Waals surface area contributed by atoms with Crippen LogP contribution in [-0.2, 0) is 99.0 Å². The molecule has 0 radical (unpaired) electrons. The molecular weight excluding hydrogens is 1470 g/mol. The molecule has 0 aliphatic heterocycles. The molecule has 3 aromatic rings. The van der Waals surface area contributed by atoms with E-state index in [2.05, 4.69) is 89.4 Å². The average molecular weight is 1580 g/mol. The summed E-state index contributed by atoms with van der Waals surface area (Å²) < 4.78 is 10.8. The number of imidazole rings is 1. The van der Waals surface area contributed by atoms with E-state index >= 15 is 0 Å². The van der Waals surface area contributed by atoms with Crippen LogP contribution >= 0.6 is 23.5 Å². The lowest BCUT2D eigenvalue weighted by Crippen LogP contribution is -2.60. The second kappa shape index (κ2) is 49.8. The van der Waals surface area contributed by atoms with Gasteiger partial charge in [-0.1, -0.05) is 45.9 Å². The van der Waals surface area contributed by atoms with Gasteiger partial charge in [0.25, 0.3) is 0 Å². The highest BCUT2D eigenvalue weighted by Gasteiger charge is 2.36. The first-order valence-electron chi connectivity index (χ1n) is 34.9. The molecule has 0 aliphatic carbocycles. The van der Waals surface area contributed by atoms with Crippen molar-refractivity contribution in [3.8, 4) is 0 Å². The number of aromatic nitrogens is 3. The van der Waals surface area contributed by atoms with E-state index in [0.717, 1.165) is 11.8 Å². The third kappa shape index (κ3) is 36.2. The zero-order chi connectivity index (χ0) is 81.3. The Bertz CT molecular complexity index is 3530. The Morgan fingerprint density at radius 3 is 1.75 bits per heavy atom. The van der Waals surface area contributed by atoms with E-state index in [-0.39, 0.29) is 82.0 Å². The second-order valence-corrected chi connectivity index (χ2v) is 28.1. The number of hydrogen-bond acceptors (Lipinski definition) is 24. The third-order valence-corrected chi connectivity index (χ3v) is 17.3. The van der Waals surface area contributed by atoms with Gasteiger partial charge in [0.2, 0.25) is 94.5 Å². The van der Waals surface area contributed by atoms with E-state index in [4.69, 9.17) is 20.9 Å². The van der Waals surface area contributed by atoms with E-state index in [1.54, 1.807) is 58.4 Å². The fourth-order valence-electron chi connectivity index (χ4n) is 10.1.